The summed E-state index contributed by atoms with van der Waals surface area (Å²) < 4.78 is 0. The van der Waals surface area contributed by atoms with Crippen LogP contribution in [0, 0.1) is 29.6 Å². The third-order valence-corrected chi connectivity index (χ3v) is 20.3. The molecule has 9 aliphatic heterocycles. The van der Waals surface area contributed by atoms with Crippen molar-refractivity contribution in [3.63, 3.8) is 0 Å². The first-order valence-corrected chi connectivity index (χ1v) is 40.1. The van der Waals surface area contributed by atoms with E-state index in [-0.39, 0.29) is 79.4 Å². The van der Waals surface area contributed by atoms with Crippen LogP contribution in [0.4, 0.5) is 0 Å². The number of carboxylic acid groups (broad SMARTS) is 13. The molecule has 9 fully saturated rings. The maximum absolute atomic E-state index is 10.7. The molecular weight excluding hydrogens is 1530 g/mol. The fourth-order valence-electron chi connectivity index (χ4n) is 12.9. The summed E-state index contributed by atoms with van der Waals surface area (Å²) in [6.45, 7) is 9.62. The molecule has 2 aromatic carbocycles. The minimum absolute atomic E-state index is 0.0694. The molecule has 2 saturated carbocycles. The van der Waals surface area contributed by atoms with E-state index in [1.807, 2.05) is 48.5 Å². The van der Waals surface area contributed by atoms with Gasteiger partial charge in [0.05, 0.1) is 36.6 Å². The van der Waals surface area contributed by atoms with Crippen molar-refractivity contribution >= 4 is 77.6 Å². The smallest absolute Gasteiger partial charge is 0.321 e. The Morgan fingerprint density at radius 3 is 0.846 bits per heavy atom. The lowest BCUT2D eigenvalue weighted by Crippen LogP contribution is -2.48. The molecule has 1 unspecified atom stereocenters. The molecule has 664 valence electrons. The van der Waals surface area contributed by atoms with E-state index in [2.05, 4.69) is 53.6 Å². The van der Waals surface area contributed by atoms with Crippen molar-refractivity contribution < 1.29 is 129 Å². The van der Waals surface area contributed by atoms with Gasteiger partial charge in [0.15, 0.2) is 0 Å². The Bertz CT molecular complexity index is 3030. The molecule has 30 N–H and O–H groups in total. The summed E-state index contributed by atoms with van der Waals surface area (Å²) in [5, 5.41) is 136. The summed E-state index contributed by atoms with van der Waals surface area (Å²) in [7, 11) is 0. The van der Waals surface area contributed by atoms with E-state index in [0.717, 1.165) is 211 Å². The van der Waals surface area contributed by atoms with Crippen LogP contribution in [0.5, 0.6) is 0 Å². The largest absolute Gasteiger partial charge is 0.481 e. The Morgan fingerprint density at radius 1 is 0.299 bits per heavy atom. The minimum atomic E-state index is -0.968. The standard InChI is InChI=1S/2C10H11NO2.C8H15NO2.C7H13NO2.4C6H11NO2.2C5H9NO2.C4H7NO2.C3H7NO2.C2H5NO2/c2*12-10(13)9-5-7-3-1-2-4-8(7)6-11-9;9-5-6-1-3-7(4-2-6)8(10)11;8-6-3-1-5(2-4-6)7(9)10;8-6(9)5-1-3-7-4-2-5;8-6(9)5-2-1-3-7-4-5;2*8-6(9)5-3-1-2-4-7-5;2*7-5(8)4-2-1-3-6-4;6-4(7)3-1-2-5-3;4-2-1-3(5)6;3-1-2(4)5/h2*1-4,9,11H,5-6H2,(H,12,13);6-7H,1-5,9H2,(H,10,11);5-6H,1-4,8H2,(H,9,10);4*5,7H,1-4H2,(H,8,9);2*4,6H,1-3H2,(H,7,8);3,5H,1-2H2,(H,6,7);1-2,4H2,(H,5,6);1,3H2,(H,4,5)/t2*9-;;;;;2*5-;2*4-;3-;;/m10....10000../s1. The SMILES string of the molecule is NC1CCC(C(=O)O)CC1.NCC(=O)O.NCC1CCC(C(=O)O)CC1.NCCC(=O)O.O=C(O)C1CCCNC1.O=C(O)C1CCNCC1.O=C(O)[C@@H]1CCCCN1.O=C(O)[C@@H]1CCCN1.O=C(O)[C@@H]1CCCN1.O=C(O)[C@@H]1CCN1.O=C(O)[C@@H]1Cc2ccccc2CN1.O=C(O)[C@H]1CCCCN1.O=C(O)[C@H]1Cc2ccccc2CN1. The number of carbonyl (C=O) groups is 13. The number of fused-ring (bicyclic) bond motifs is 2. The number of piperidine rings is 4. The molecule has 39 heteroatoms. The number of carboxylic acids is 13. The van der Waals surface area contributed by atoms with Crippen molar-refractivity contribution in [3.8, 4) is 0 Å². The molecule has 11 aliphatic rings. The second-order valence-electron chi connectivity index (χ2n) is 29.3. The number of nitrogens with one attached hydrogen (secondary N) is 9. The van der Waals surface area contributed by atoms with Crippen molar-refractivity contribution in [1.82, 2.24) is 47.9 Å². The normalized spacial score (nSPS) is 24.9. The molecule has 117 heavy (non-hydrogen) atoms. The molecule has 2 aromatic rings. The molecule has 0 bridgehead atoms. The van der Waals surface area contributed by atoms with Gasteiger partial charge in [-0.2, -0.15) is 0 Å². The summed E-state index contributed by atoms with van der Waals surface area (Å²) in [5.74, 6) is -9.42. The summed E-state index contributed by atoms with van der Waals surface area (Å²) >= 11 is 0. The van der Waals surface area contributed by atoms with E-state index in [1.165, 1.54) is 11.1 Å². The van der Waals surface area contributed by atoms with Crippen LogP contribution >= 0.6 is 0 Å². The van der Waals surface area contributed by atoms with Crippen LogP contribution in [0.2, 0.25) is 0 Å². The highest BCUT2D eigenvalue weighted by Crippen LogP contribution is 2.28. The van der Waals surface area contributed by atoms with Crippen molar-refractivity contribution in [1.29, 1.82) is 0 Å². The minimum Gasteiger partial charge on any atom is -0.481 e. The van der Waals surface area contributed by atoms with Crippen LogP contribution < -0.4 is 70.8 Å². The Kier molecular flexibility index (Phi) is 57.2. The third-order valence-electron chi connectivity index (χ3n) is 20.3. The molecule has 0 radical (unpaired) electrons. The van der Waals surface area contributed by atoms with E-state index < -0.39 is 89.7 Å². The number of hydrogen-bond acceptors (Lipinski definition) is 26. The number of nitrogens with two attached hydrogens (primary N) is 4. The van der Waals surface area contributed by atoms with Gasteiger partial charge in [-0.05, 0) is 235 Å². The van der Waals surface area contributed by atoms with Crippen LogP contribution in [0.25, 0.3) is 0 Å². The first-order valence-electron chi connectivity index (χ1n) is 40.1. The topological polar surface area (TPSA) is 697 Å². The summed E-state index contributed by atoms with van der Waals surface area (Å²) in [6.07, 6.45) is 21.8. The van der Waals surface area contributed by atoms with Gasteiger partial charge in [-0.15, -0.1) is 0 Å². The zero-order chi connectivity index (χ0) is 87.6. The predicted octanol–water partition coefficient (Wildman–Crippen LogP) is 1.09. The Hall–Kier alpha value is -8.97. The van der Waals surface area contributed by atoms with E-state index in [9.17, 15) is 62.3 Å². The third kappa shape index (κ3) is 49.8. The second kappa shape index (κ2) is 63.2. The van der Waals surface area contributed by atoms with Gasteiger partial charge in [0.25, 0.3) is 0 Å². The van der Waals surface area contributed by atoms with Crippen molar-refractivity contribution in [2.24, 2.45) is 52.5 Å². The molecule has 0 amide bonds. The molecule has 2 aliphatic carbocycles. The monoisotopic (exact) mass is 1670 g/mol. The zero-order valence-corrected chi connectivity index (χ0v) is 66.8. The molecule has 13 rings (SSSR count). The van der Waals surface area contributed by atoms with Crippen molar-refractivity contribution in [3.05, 3.63) is 70.8 Å². The van der Waals surface area contributed by atoms with Gasteiger partial charge in [0.1, 0.15) is 42.3 Å². The Balaban J connectivity index is 0.000000638. The van der Waals surface area contributed by atoms with Crippen LogP contribution in [0.15, 0.2) is 48.5 Å². The number of aliphatic carboxylic acids is 13. The van der Waals surface area contributed by atoms with E-state index >= 15 is 0 Å². The van der Waals surface area contributed by atoms with Crippen molar-refractivity contribution in [2.75, 3.05) is 78.5 Å². The number of benzene rings is 2. The quantitative estimate of drug-likeness (QED) is 0.119. The number of hydrogen-bond donors (Lipinski definition) is 26. The maximum atomic E-state index is 10.7. The fourth-order valence-corrected chi connectivity index (χ4v) is 12.9. The summed E-state index contributed by atoms with van der Waals surface area (Å²) in [5.41, 5.74) is 25.2. The van der Waals surface area contributed by atoms with Crippen LogP contribution in [-0.2, 0) is 88.3 Å². The van der Waals surface area contributed by atoms with Gasteiger partial charge in [0, 0.05) is 32.2 Å². The van der Waals surface area contributed by atoms with E-state index in [0.29, 0.717) is 44.9 Å². The summed E-state index contributed by atoms with van der Waals surface area (Å²) in [4.78, 5) is 133. The lowest BCUT2D eigenvalue weighted by Gasteiger charge is -2.24. The highest BCUT2D eigenvalue weighted by Gasteiger charge is 2.29. The van der Waals surface area contributed by atoms with Gasteiger partial charge in [-0.3, -0.25) is 62.3 Å². The zero-order valence-electron chi connectivity index (χ0n) is 66.8. The van der Waals surface area contributed by atoms with Crippen molar-refractivity contribution in [2.45, 2.75) is 228 Å². The van der Waals surface area contributed by atoms with Gasteiger partial charge in [0.2, 0.25) is 0 Å². The van der Waals surface area contributed by atoms with Crippen LogP contribution in [0.3, 0.4) is 0 Å². The average Bonchev–Trinajstić information content (AvgIpc) is 1.33. The number of rotatable bonds is 15. The van der Waals surface area contributed by atoms with Gasteiger partial charge in [-0.1, -0.05) is 61.4 Å². The van der Waals surface area contributed by atoms with Gasteiger partial charge >= 0.3 is 77.6 Å². The predicted molar refractivity (Wildman–Crippen MR) is 429 cm³/mol. The lowest BCUT2D eigenvalue weighted by atomic mass is 9.82. The Morgan fingerprint density at radius 2 is 0.615 bits per heavy atom. The molecule has 39 nitrogen and oxygen atoms in total. The van der Waals surface area contributed by atoms with Crippen LogP contribution in [0.1, 0.15) is 176 Å². The highest BCUT2D eigenvalue weighted by molar-refractivity contribution is 5.77. The molecule has 7 saturated heterocycles. The first kappa shape index (κ1) is 106. The molecule has 0 aromatic heterocycles. The summed E-state index contributed by atoms with van der Waals surface area (Å²) in [6, 6.07) is 13.9. The first-order chi connectivity index (χ1) is 55.6. The van der Waals surface area contributed by atoms with E-state index in [1.54, 1.807) is 0 Å². The van der Waals surface area contributed by atoms with Crippen LogP contribution in [-0.4, -0.2) is 271 Å². The fraction of sp³-hybridized carbons (Fsp3) is 0.679. The molecule has 9 heterocycles. The highest BCUT2D eigenvalue weighted by atomic mass is 16.4. The molecule has 8 atom stereocenters. The lowest BCUT2D eigenvalue weighted by molar-refractivity contribution is -0.144. The van der Waals surface area contributed by atoms with Gasteiger partial charge < -0.3 is 137 Å². The van der Waals surface area contributed by atoms with Gasteiger partial charge in [-0.25, -0.2) is 0 Å². The Labute approximate surface area is 681 Å². The molecular formula is C78H131N13O26. The maximum Gasteiger partial charge on any atom is 0.321 e. The molecule has 0 spiro atoms. The average molecular weight is 1670 g/mol. The van der Waals surface area contributed by atoms with E-state index in [4.69, 9.17) is 83.6 Å². The second-order valence-corrected chi connectivity index (χ2v) is 29.3.